The van der Waals surface area contributed by atoms with Crippen LogP contribution in [0.3, 0.4) is 0 Å². The molecule has 0 atom stereocenters. The van der Waals surface area contributed by atoms with Crippen LogP contribution in [0.1, 0.15) is 31.2 Å². The Hall–Kier alpha value is -1.13. The highest BCUT2D eigenvalue weighted by Crippen LogP contribution is 2.10. The van der Waals surface area contributed by atoms with E-state index >= 15 is 0 Å². The topological polar surface area (TPSA) is 45.2 Å². The number of carbonyl (C=O) groups excluding carboxylic acids is 1. The van der Waals surface area contributed by atoms with E-state index in [1.54, 1.807) is 12.4 Å². The number of hydrogen-bond acceptors (Lipinski definition) is 3. The van der Waals surface area contributed by atoms with Crippen molar-refractivity contribution in [3.05, 3.63) is 30.1 Å². The number of halogens is 1. The fraction of sp³-hybridized carbons (Fsp3) is 0.571. The van der Waals surface area contributed by atoms with Crippen LogP contribution in [0.25, 0.3) is 0 Å². The lowest BCUT2D eigenvalue weighted by Crippen LogP contribution is -2.36. The number of hydrogen-bond donors (Lipinski definition) is 1. The maximum atomic E-state index is 11.8. The number of aromatic nitrogens is 1. The predicted molar refractivity (Wildman–Crippen MR) is 78.2 cm³/mol. The number of amides is 1. The van der Waals surface area contributed by atoms with Gasteiger partial charge in [0.1, 0.15) is 0 Å². The maximum absolute atomic E-state index is 11.8. The first-order valence-corrected chi connectivity index (χ1v) is 6.73. The Labute approximate surface area is 121 Å². The molecule has 2 heterocycles. The van der Waals surface area contributed by atoms with Gasteiger partial charge in [-0.1, -0.05) is 6.42 Å². The first kappa shape index (κ1) is 15.9. The highest BCUT2D eigenvalue weighted by molar-refractivity contribution is 5.85. The summed E-state index contributed by atoms with van der Waals surface area (Å²) in [7, 11) is 0. The Balaban J connectivity index is 0.00000180. The van der Waals surface area contributed by atoms with Crippen LogP contribution in [0.15, 0.2) is 24.5 Å². The number of pyridine rings is 1. The van der Waals surface area contributed by atoms with Gasteiger partial charge >= 0.3 is 0 Å². The van der Waals surface area contributed by atoms with E-state index in [-0.39, 0.29) is 12.4 Å². The number of likely N-dealkylation sites (tertiary alicyclic amines) is 1. The maximum Gasteiger partial charge on any atom is 0.222 e. The van der Waals surface area contributed by atoms with Gasteiger partial charge in [0.05, 0.1) is 0 Å². The van der Waals surface area contributed by atoms with Gasteiger partial charge in [-0.3, -0.25) is 9.78 Å². The van der Waals surface area contributed by atoms with Crippen molar-refractivity contribution in [2.45, 2.75) is 32.2 Å². The minimum absolute atomic E-state index is 0. The minimum atomic E-state index is 0. The molecule has 4 nitrogen and oxygen atoms in total. The average molecular weight is 284 g/mol. The summed E-state index contributed by atoms with van der Waals surface area (Å²) < 4.78 is 0. The summed E-state index contributed by atoms with van der Waals surface area (Å²) in [4.78, 5) is 17.7. The van der Waals surface area contributed by atoms with Crippen molar-refractivity contribution in [2.75, 3.05) is 19.6 Å². The van der Waals surface area contributed by atoms with Crippen molar-refractivity contribution < 1.29 is 4.79 Å². The van der Waals surface area contributed by atoms with Gasteiger partial charge in [-0.05, 0) is 30.5 Å². The molecule has 1 aliphatic heterocycles. The lowest BCUT2D eigenvalue weighted by molar-refractivity contribution is -0.130. The van der Waals surface area contributed by atoms with Gasteiger partial charge in [-0.2, -0.15) is 0 Å². The molecule has 1 amide bonds. The molecule has 0 aromatic carbocycles. The van der Waals surface area contributed by atoms with Gasteiger partial charge in [0.25, 0.3) is 0 Å². The van der Waals surface area contributed by atoms with E-state index in [0.29, 0.717) is 5.91 Å². The summed E-state index contributed by atoms with van der Waals surface area (Å²) >= 11 is 0. The van der Waals surface area contributed by atoms with E-state index in [1.807, 2.05) is 17.0 Å². The highest BCUT2D eigenvalue weighted by Gasteiger charge is 2.15. The Morgan fingerprint density at radius 3 is 2.79 bits per heavy atom. The second-order valence-electron chi connectivity index (χ2n) is 4.72. The van der Waals surface area contributed by atoms with Crippen LogP contribution in [-0.2, 0) is 11.3 Å². The highest BCUT2D eigenvalue weighted by atomic mass is 35.5. The number of carbonyl (C=O) groups is 1. The van der Waals surface area contributed by atoms with E-state index in [1.165, 1.54) is 12.0 Å². The van der Waals surface area contributed by atoms with Gasteiger partial charge in [-0.25, -0.2) is 0 Å². The minimum Gasteiger partial charge on any atom is -0.341 e. The van der Waals surface area contributed by atoms with E-state index in [4.69, 9.17) is 0 Å². The first-order chi connectivity index (χ1) is 8.86. The van der Waals surface area contributed by atoms with Crippen molar-refractivity contribution in [3.63, 3.8) is 0 Å². The predicted octanol–water partition coefficient (Wildman–Crippen LogP) is 2.00. The summed E-state index contributed by atoms with van der Waals surface area (Å²) in [5.74, 6) is 0.318. The van der Waals surface area contributed by atoms with Gasteiger partial charge in [0.2, 0.25) is 5.91 Å². The quantitative estimate of drug-likeness (QED) is 0.841. The Kier molecular flexibility index (Phi) is 7.45. The van der Waals surface area contributed by atoms with Crippen LogP contribution in [0, 0.1) is 0 Å². The second kappa shape index (κ2) is 8.88. The monoisotopic (exact) mass is 283 g/mol. The molecule has 2 rings (SSSR count). The molecule has 1 aliphatic rings. The van der Waals surface area contributed by atoms with Crippen LogP contribution >= 0.6 is 12.4 Å². The number of nitrogens with one attached hydrogen (secondary N) is 1. The van der Waals surface area contributed by atoms with Crippen LogP contribution < -0.4 is 5.32 Å². The molecule has 106 valence electrons. The van der Waals surface area contributed by atoms with Crippen molar-refractivity contribution in [1.29, 1.82) is 0 Å². The molecule has 0 saturated carbocycles. The molecule has 1 N–H and O–H groups in total. The zero-order valence-electron chi connectivity index (χ0n) is 11.2. The molecule has 5 heteroatoms. The third-order valence-electron chi connectivity index (χ3n) is 3.31. The first-order valence-electron chi connectivity index (χ1n) is 6.73. The molecule has 1 saturated heterocycles. The lowest BCUT2D eigenvalue weighted by Gasteiger charge is -2.20. The molecular formula is C14H22ClN3O. The van der Waals surface area contributed by atoms with Crippen molar-refractivity contribution in [1.82, 2.24) is 15.2 Å². The SMILES string of the molecule is Cl.O=C1CCCCCN1CCNCc1ccncc1. The summed E-state index contributed by atoms with van der Waals surface area (Å²) in [6.45, 7) is 3.44. The molecule has 0 unspecified atom stereocenters. The summed E-state index contributed by atoms with van der Waals surface area (Å²) in [6.07, 6.45) is 7.72. The summed E-state index contributed by atoms with van der Waals surface area (Å²) in [5.41, 5.74) is 1.23. The molecule has 0 bridgehead atoms. The number of rotatable bonds is 5. The van der Waals surface area contributed by atoms with Crippen LogP contribution in [-0.4, -0.2) is 35.4 Å². The lowest BCUT2D eigenvalue weighted by atomic mass is 10.2. The Morgan fingerprint density at radius 2 is 2.00 bits per heavy atom. The van der Waals surface area contributed by atoms with E-state index in [2.05, 4.69) is 10.3 Å². The van der Waals surface area contributed by atoms with E-state index in [9.17, 15) is 4.79 Å². The number of nitrogens with zero attached hydrogens (tertiary/aromatic N) is 2. The average Bonchev–Trinajstić information content (AvgIpc) is 2.61. The van der Waals surface area contributed by atoms with E-state index < -0.39 is 0 Å². The molecule has 0 spiro atoms. The largest absolute Gasteiger partial charge is 0.341 e. The summed E-state index contributed by atoms with van der Waals surface area (Å²) in [6, 6.07) is 4.01. The third-order valence-corrected chi connectivity index (χ3v) is 3.31. The molecule has 19 heavy (non-hydrogen) atoms. The molecule has 1 fully saturated rings. The molecule has 1 aromatic rings. The third kappa shape index (κ3) is 5.57. The molecule has 0 aliphatic carbocycles. The van der Waals surface area contributed by atoms with Crippen LogP contribution in [0.5, 0.6) is 0 Å². The summed E-state index contributed by atoms with van der Waals surface area (Å²) in [5, 5.41) is 3.37. The molecule has 1 aromatic heterocycles. The Bertz CT molecular complexity index is 372. The van der Waals surface area contributed by atoms with E-state index in [0.717, 1.165) is 45.4 Å². The van der Waals surface area contributed by atoms with Crippen molar-refractivity contribution in [3.8, 4) is 0 Å². The van der Waals surface area contributed by atoms with Gasteiger partial charge in [0.15, 0.2) is 0 Å². The van der Waals surface area contributed by atoms with Gasteiger partial charge in [-0.15, -0.1) is 12.4 Å². The normalized spacial score (nSPS) is 15.8. The van der Waals surface area contributed by atoms with Gasteiger partial charge in [0, 0.05) is 45.0 Å². The fourth-order valence-electron chi connectivity index (χ4n) is 2.22. The van der Waals surface area contributed by atoms with Crippen LogP contribution in [0.4, 0.5) is 0 Å². The van der Waals surface area contributed by atoms with Gasteiger partial charge < -0.3 is 10.2 Å². The molecular weight excluding hydrogens is 262 g/mol. The molecule has 0 radical (unpaired) electrons. The van der Waals surface area contributed by atoms with Crippen molar-refractivity contribution in [2.24, 2.45) is 0 Å². The zero-order chi connectivity index (χ0) is 12.6. The van der Waals surface area contributed by atoms with Crippen molar-refractivity contribution >= 4 is 18.3 Å². The zero-order valence-corrected chi connectivity index (χ0v) is 12.0. The van der Waals surface area contributed by atoms with Crippen LogP contribution in [0.2, 0.25) is 0 Å². The Morgan fingerprint density at radius 1 is 1.21 bits per heavy atom. The smallest absolute Gasteiger partial charge is 0.222 e. The standard InChI is InChI=1S/C14H21N3O.ClH/c18-14-4-2-1-3-10-17(14)11-9-16-12-13-5-7-15-8-6-13;/h5-8,16H,1-4,9-12H2;1H. The fourth-order valence-corrected chi connectivity index (χ4v) is 2.22. The second-order valence-corrected chi connectivity index (χ2v) is 4.72.